The van der Waals surface area contributed by atoms with E-state index in [1.165, 1.54) is 12.0 Å². The number of anilines is 1. The lowest BCUT2D eigenvalue weighted by Crippen LogP contribution is -2.61. The van der Waals surface area contributed by atoms with Crippen molar-refractivity contribution in [1.29, 1.82) is 0 Å². The van der Waals surface area contributed by atoms with Gasteiger partial charge < -0.3 is 5.32 Å². The van der Waals surface area contributed by atoms with Crippen LogP contribution >= 0.6 is 0 Å². The average molecular weight is 404 g/mol. The van der Waals surface area contributed by atoms with Crippen LogP contribution in [0.1, 0.15) is 44.1 Å². The van der Waals surface area contributed by atoms with Gasteiger partial charge in [0, 0.05) is 11.5 Å². The van der Waals surface area contributed by atoms with Crippen LogP contribution < -0.4 is 11.2 Å². The third-order valence-corrected chi connectivity index (χ3v) is 6.24. The SMILES string of the molecule is [N-]=[N+]=NCC(CCc1ccccc1)N(N)C1=Nc2ccccc2NC12CCCCC2. The Labute approximate surface area is 177 Å². The molecule has 2 aliphatic rings. The number of nitrogens with two attached hydrogens (primary N) is 1. The Bertz CT molecular complexity index is 928. The van der Waals surface area contributed by atoms with Gasteiger partial charge in [0.25, 0.3) is 0 Å². The van der Waals surface area contributed by atoms with Gasteiger partial charge in [-0.3, -0.25) is 5.01 Å². The van der Waals surface area contributed by atoms with E-state index in [1.807, 2.05) is 36.4 Å². The Hall–Kier alpha value is -3.02. The van der Waals surface area contributed by atoms with Crippen LogP contribution in [0, 0.1) is 0 Å². The number of fused-ring (bicyclic) bond motifs is 1. The van der Waals surface area contributed by atoms with Gasteiger partial charge in [-0.2, -0.15) is 0 Å². The van der Waals surface area contributed by atoms with Crippen molar-refractivity contribution in [3.8, 4) is 0 Å². The highest BCUT2D eigenvalue weighted by Gasteiger charge is 2.43. The normalized spacial score (nSPS) is 17.8. The second kappa shape index (κ2) is 9.20. The van der Waals surface area contributed by atoms with E-state index in [2.05, 4.69) is 33.5 Å². The number of hydrogen-bond acceptors (Lipinski definition) is 5. The molecule has 2 aromatic carbocycles. The third-order valence-electron chi connectivity index (χ3n) is 6.24. The number of benzene rings is 2. The van der Waals surface area contributed by atoms with E-state index in [0.717, 1.165) is 55.7 Å². The van der Waals surface area contributed by atoms with E-state index in [-0.39, 0.29) is 11.6 Å². The van der Waals surface area contributed by atoms with Crippen LogP contribution in [0.5, 0.6) is 0 Å². The first-order chi connectivity index (χ1) is 14.7. The second-order valence-corrected chi connectivity index (χ2v) is 8.22. The molecule has 0 saturated heterocycles. The molecule has 1 fully saturated rings. The van der Waals surface area contributed by atoms with Crippen LogP contribution in [0.3, 0.4) is 0 Å². The van der Waals surface area contributed by atoms with Gasteiger partial charge in [-0.25, -0.2) is 10.8 Å². The molecule has 1 saturated carbocycles. The smallest absolute Gasteiger partial charge is 0.145 e. The lowest BCUT2D eigenvalue weighted by atomic mass is 9.79. The van der Waals surface area contributed by atoms with Gasteiger partial charge in [0.1, 0.15) is 5.84 Å². The summed E-state index contributed by atoms with van der Waals surface area (Å²) in [5.74, 6) is 7.61. The van der Waals surface area contributed by atoms with Gasteiger partial charge in [-0.05, 0) is 48.9 Å². The summed E-state index contributed by atoms with van der Waals surface area (Å²) in [5, 5.41) is 9.42. The number of nitrogens with one attached hydrogen (secondary N) is 1. The number of aryl methyl sites for hydroxylation is 1. The minimum Gasteiger partial charge on any atom is -0.371 e. The number of rotatable bonds is 6. The maximum Gasteiger partial charge on any atom is 0.145 e. The first-order valence-electron chi connectivity index (χ1n) is 10.8. The molecule has 1 aliphatic heterocycles. The molecule has 1 aliphatic carbocycles. The number of para-hydroxylation sites is 2. The molecule has 7 nitrogen and oxygen atoms in total. The maximum absolute atomic E-state index is 8.92. The number of amidine groups is 1. The Morgan fingerprint density at radius 1 is 1.10 bits per heavy atom. The third kappa shape index (κ3) is 4.27. The largest absolute Gasteiger partial charge is 0.371 e. The van der Waals surface area contributed by atoms with E-state index in [1.54, 1.807) is 5.01 Å². The van der Waals surface area contributed by atoms with Crippen molar-refractivity contribution in [2.45, 2.75) is 56.5 Å². The highest BCUT2D eigenvalue weighted by Crippen LogP contribution is 2.41. The van der Waals surface area contributed by atoms with Crippen molar-refractivity contribution < 1.29 is 0 Å². The zero-order valence-electron chi connectivity index (χ0n) is 17.2. The summed E-state index contributed by atoms with van der Waals surface area (Å²) in [6, 6.07) is 18.3. The van der Waals surface area contributed by atoms with Crippen LogP contribution in [0.4, 0.5) is 11.4 Å². The summed E-state index contributed by atoms with van der Waals surface area (Å²) in [5.41, 5.74) is 11.9. The molecule has 4 rings (SSSR count). The fourth-order valence-electron chi connectivity index (χ4n) is 4.62. The van der Waals surface area contributed by atoms with Crippen LogP contribution in [0.2, 0.25) is 0 Å². The molecular weight excluding hydrogens is 374 g/mol. The molecule has 1 atom stereocenters. The molecule has 2 aromatic rings. The first kappa shape index (κ1) is 20.3. The predicted octanol–water partition coefficient (Wildman–Crippen LogP) is 5.33. The monoisotopic (exact) mass is 403 g/mol. The molecule has 0 radical (unpaired) electrons. The molecule has 1 unspecified atom stereocenters. The van der Waals surface area contributed by atoms with E-state index in [9.17, 15) is 0 Å². The zero-order valence-corrected chi connectivity index (χ0v) is 17.2. The summed E-state index contributed by atoms with van der Waals surface area (Å²) >= 11 is 0. The molecular formula is C23H29N7. The molecule has 1 spiro atoms. The molecule has 0 amide bonds. The fraction of sp³-hybridized carbons (Fsp3) is 0.435. The van der Waals surface area contributed by atoms with Crippen LogP contribution in [0.25, 0.3) is 10.4 Å². The Morgan fingerprint density at radius 2 is 1.83 bits per heavy atom. The quantitative estimate of drug-likeness (QED) is 0.224. The first-order valence-corrected chi connectivity index (χ1v) is 10.8. The van der Waals surface area contributed by atoms with E-state index >= 15 is 0 Å². The average Bonchev–Trinajstić information content (AvgIpc) is 2.79. The Balaban J connectivity index is 1.64. The molecule has 7 heteroatoms. The number of nitrogens with zero attached hydrogens (tertiary/aromatic N) is 5. The van der Waals surface area contributed by atoms with Gasteiger partial charge in [0.2, 0.25) is 0 Å². The number of aliphatic imine (C=N–C) groups is 1. The fourth-order valence-corrected chi connectivity index (χ4v) is 4.62. The molecule has 3 N–H and O–H groups in total. The topological polar surface area (TPSA) is 102 Å². The van der Waals surface area contributed by atoms with Gasteiger partial charge >= 0.3 is 0 Å². The maximum atomic E-state index is 8.92. The standard InChI is InChI=1S/C23H29N7/c24-29-26-17-19(14-13-18-9-3-1-4-10-18)30(25)22-23(15-7-2-8-16-23)28-21-12-6-5-11-20(21)27-22/h1,3-6,9-12,19,28H,2,7-8,13-17,25H2. The summed E-state index contributed by atoms with van der Waals surface area (Å²) in [4.78, 5) is 8.01. The molecule has 0 bridgehead atoms. The number of hydrazine groups is 1. The van der Waals surface area contributed by atoms with Crippen molar-refractivity contribution in [1.82, 2.24) is 5.01 Å². The van der Waals surface area contributed by atoms with Crippen LogP contribution in [-0.4, -0.2) is 29.0 Å². The van der Waals surface area contributed by atoms with Gasteiger partial charge in [-0.15, -0.1) is 0 Å². The number of azide groups is 1. The van der Waals surface area contributed by atoms with Crippen molar-refractivity contribution in [2.24, 2.45) is 15.9 Å². The summed E-state index contributed by atoms with van der Waals surface area (Å²) in [6.07, 6.45) is 7.18. The molecule has 0 aromatic heterocycles. The van der Waals surface area contributed by atoms with Crippen LogP contribution in [0.15, 0.2) is 64.7 Å². The Morgan fingerprint density at radius 3 is 2.60 bits per heavy atom. The molecule has 1 heterocycles. The highest BCUT2D eigenvalue weighted by atomic mass is 15.5. The van der Waals surface area contributed by atoms with Crippen molar-refractivity contribution in [2.75, 3.05) is 11.9 Å². The molecule has 156 valence electrons. The minimum absolute atomic E-state index is 0.120. The van der Waals surface area contributed by atoms with Crippen molar-refractivity contribution in [3.63, 3.8) is 0 Å². The Kier molecular flexibility index (Phi) is 6.21. The minimum atomic E-state index is -0.261. The predicted molar refractivity (Wildman–Crippen MR) is 122 cm³/mol. The van der Waals surface area contributed by atoms with E-state index in [4.69, 9.17) is 16.4 Å². The van der Waals surface area contributed by atoms with Gasteiger partial charge in [0.15, 0.2) is 0 Å². The van der Waals surface area contributed by atoms with Gasteiger partial charge in [0.05, 0.1) is 23.0 Å². The molecule has 30 heavy (non-hydrogen) atoms. The summed E-state index contributed by atoms with van der Waals surface area (Å²) in [7, 11) is 0. The zero-order chi connectivity index (χ0) is 20.8. The van der Waals surface area contributed by atoms with E-state index in [0.29, 0.717) is 6.54 Å². The highest BCUT2D eigenvalue weighted by molar-refractivity contribution is 6.00. The van der Waals surface area contributed by atoms with Crippen LogP contribution in [-0.2, 0) is 6.42 Å². The lowest BCUT2D eigenvalue weighted by Gasteiger charge is -2.46. The summed E-state index contributed by atoms with van der Waals surface area (Å²) in [6.45, 7) is 0.316. The van der Waals surface area contributed by atoms with Crippen molar-refractivity contribution in [3.05, 3.63) is 70.6 Å². The van der Waals surface area contributed by atoms with Gasteiger partial charge in [-0.1, -0.05) is 66.8 Å². The second-order valence-electron chi connectivity index (χ2n) is 8.22. The van der Waals surface area contributed by atoms with E-state index < -0.39 is 0 Å². The van der Waals surface area contributed by atoms with Crippen molar-refractivity contribution >= 4 is 17.2 Å². The number of hydrogen-bond donors (Lipinski definition) is 2. The summed E-state index contributed by atoms with van der Waals surface area (Å²) < 4.78 is 0. The lowest BCUT2D eigenvalue weighted by molar-refractivity contribution is 0.272.